The monoisotopic (exact) mass is 367 g/mol. The third-order valence-electron chi connectivity index (χ3n) is 3.36. The Kier molecular flexibility index (Phi) is 6.27. The van der Waals surface area contributed by atoms with Crippen molar-refractivity contribution < 1.29 is 12.8 Å². The number of aromatic nitrogens is 2. The van der Waals surface area contributed by atoms with Crippen molar-refractivity contribution in [3.8, 4) is 0 Å². The van der Waals surface area contributed by atoms with E-state index < -0.39 is 15.8 Å². The van der Waals surface area contributed by atoms with Crippen molar-refractivity contribution in [3.05, 3.63) is 41.5 Å². The van der Waals surface area contributed by atoms with E-state index in [0.29, 0.717) is 29.6 Å². The molecule has 136 valence electrons. The highest BCUT2D eigenvalue weighted by molar-refractivity contribution is 7.89. The van der Waals surface area contributed by atoms with Gasteiger partial charge in [-0.25, -0.2) is 27.5 Å². The molecule has 2 rings (SSSR count). The summed E-state index contributed by atoms with van der Waals surface area (Å²) in [5, 5.41) is 6.14. The highest BCUT2D eigenvalue weighted by Crippen LogP contribution is 2.16. The maximum Gasteiger partial charge on any atom is 0.240 e. The molecule has 0 aliphatic carbocycles. The van der Waals surface area contributed by atoms with Crippen LogP contribution in [0.2, 0.25) is 0 Å². The molecule has 0 fully saturated rings. The molecular formula is C16H22FN5O2S. The zero-order valence-corrected chi connectivity index (χ0v) is 15.2. The number of sulfonamides is 1. The zero-order chi connectivity index (χ0) is 18.4. The SMILES string of the molecule is CCNc1cc(NCCNS(=O)(=O)c2cc(F)ccc2C)nc(C)n1. The van der Waals surface area contributed by atoms with Gasteiger partial charge < -0.3 is 10.6 Å². The molecule has 0 atom stereocenters. The van der Waals surface area contributed by atoms with Crippen molar-refractivity contribution >= 4 is 21.7 Å². The second-order valence-electron chi connectivity index (χ2n) is 5.45. The molecule has 0 unspecified atom stereocenters. The van der Waals surface area contributed by atoms with Crippen molar-refractivity contribution in [3.63, 3.8) is 0 Å². The quantitative estimate of drug-likeness (QED) is 0.618. The number of hydrogen-bond donors (Lipinski definition) is 3. The maximum absolute atomic E-state index is 13.3. The third kappa shape index (κ3) is 5.36. The van der Waals surface area contributed by atoms with Gasteiger partial charge >= 0.3 is 0 Å². The minimum absolute atomic E-state index is 0.0557. The molecule has 0 spiro atoms. The highest BCUT2D eigenvalue weighted by atomic mass is 32.2. The summed E-state index contributed by atoms with van der Waals surface area (Å²) in [7, 11) is -3.77. The van der Waals surface area contributed by atoms with E-state index in [4.69, 9.17) is 0 Å². The minimum Gasteiger partial charge on any atom is -0.370 e. The van der Waals surface area contributed by atoms with Crippen LogP contribution >= 0.6 is 0 Å². The number of nitrogens with zero attached hydrogens (tertiary/aromatic N) is 2. The molecule has 0 saturated carbocycles. The molecule has 1 aromatic heterocycles. The largest absolute Gasteiger partial charge is 0.370 e. The molecule has 2 aromatic rings. The Bertz CT molecular complexity index is 842. The summed E-state index contributed by atoms with van der Waals surface area (Å²) in [6, 6.07) is 5.44. The van der Waals surface area contributed by atoms with Gasteiger partial charge in [0.2, 0.25) is 10.0 Å². The molecule has 1 heterocycles. The standard InChI is InChI=1S/C16H22FN5O2S/c1-4-18-15-10-16(22-12(3)21-15)19-7-8-20-25(23,24)14-9-13(17)6-5-11(14)2/h5-6,9-10,20H,4,7-8H2,1-3H3,(H2,18,19,21,22). The Balaban J connectivity index is 1.95. The molecule has 0 aliphatic rings. The van der Waals surface area contributed by atoms with Crippen LogP contribution in [0.25, 0.3) is 0 Å². The molecule has 1 aromatic carbocycles. The predicted octanol–water partition coefficient (Wildman–Crippen LogP) is 2.05. The Labute approximate surface area is 147 Å². The molecule has 0 bridgehead atoms. The van der Waals surface area contributed by atoms with Gasteiger partial charge in [0.1, 0.15) is 23.3 Å². The summed E-state index contributed by atoms with van der Waals surface area (Å²) in [5.41, 5.74) is 0.489. The molecule has 9 heteroatoms. The topological polar surface area (TPSA) is 96.0 Å². The lowest BCUT2D eigenvalue weighted by Crippen LogP contribution is -2.29. The van der Waals surface area contributed by atoms with Gasteiger partial charge in [-0.3, -0.25) is 0 Å². The molecular weight excluding hydrogens is 345 g/mol. The van der Waals surface area contributed by atoms with E-state index in [2.05, 4.69) is 25.3 Å². The van der Waals surface area contributed by atoms with Gasteiger partial charge in [-0.1, -0.05) is 6.07 Å². The number of halogens is 1. The Morgan fingerprint density at radius 3 is 2.40 bits per heavy atom. The molecule has 0 saturated heterocycles. The number of aryl methyl sites for hydroxylation is 2. The molecule has 3 N–H and O–H groups in total. The summed E-state index contributed by atoms with van der Waals surface area (Å²) in [4.78, 5) is 8.43. The van der Waals surface area contributed by atoms with E-state index in [9.17, 15) is 12.8 Å². The summed E-state index contributed by atoms with van der Waals surface area (Å²) < 4.78 is 40.3. The van der Waals surface area contributed by atoms with E-state index in [0.717, 1.165) is 12.6 Å². The Hall–Kier alpha value is -2.26. The summed E-state index contributed by atoms with van der Waals surface area (Å²) in [5.74, 6) is 1.33. The van der Waals surface area contributed by atoms with Gasteiger partial charge in [-0.2, -0.15) is 0 Å². The lowest BCUT2D eigenvalue weighted by molar-refractivity contribution is 0.578. The van der Waals surface area contributed by atoms with Crippen LogP contribution in [0.15, 0.2) is 29.2 Å². The van der Waals surface area contributed by atoms with Crippen LogP contribution in [-0.4, -0.2) is 38.0 Å². The van der Waals surface area contributed by atoms with Crippen LogP contribution in [-0.2, 0) is 10.0 Å². The second-order valence-corrected chi connectivity index (χ2v) is 7.19. The Morgan fingerprint density at radius 2 is 1.72 bits per heavy atom. The van der Waals surface area contributed by atoms with Crippen molar-refractivity contribution in [1.29, 1.82) is 0 Å². The van der Waals surface area contributed by atoms with E-state index in [1.54, 1.807) is 19.9 Å². The van der Waals surface area contributed by atoms with Crippen LogP contribution in [0.3, 0.4) is 0 Å². The van der Waals surface area contributed by atoms with Crippen molar-refractivity contribution in [2.24, 2.45) is 0 Å². The first-order valence-electron chi connectivity index (χ1n) is 7.91. The smallest absolute Gasteiger partial charge is 0.240 e. The lowest BCUT2D eigenvalue weighted by Gasteiger charge is -2.11. The molecule has 0 aliphatic heterocycles. The van der Waals surface area contributed by atoms with Crippen LogP contribution in [0.5, 0.6) is 0 Å². The van der Waals surface area contributed by atoms with Gasteiger partial charge in [0, 0.05) is 25.7 Å². The van der Waals surface area contributed by atoms with Gasteiger partial charge in [0.25, 0.3) is 0 Å². The normalized spacial score (nSPS) is 11.4. The fourth-order valence-corrected chi connectivity index (χ4v) is 3.53. The van der Waals surface area contributed by atoms with Crippen LogP contribution < -0.4 is 15.4 Å². The summed E-state index contributed by atoms with van der Waals surface area (Å²) >= 11 is 0. The van der Waals surface area contributed by atoms with Crippen molar-refractivity contribution in [2.75, 3.05) is 30.3 Å². The first-order valence-corrected chi connectivity index (χ1v) is 9.39. The number of hydrogen-bond acceptors (Lipinski definition) is 6. The summed E-state index contributed by atoms with van der Waals surface area (Å²) in [6.45, 7) is 6.57. The molecule has 7 nitrogen and oxygen atoms in total. The van der Waals surface area contributed by atoms with E-state index in [-0.39, 0.29) is 11.4 Å². The van der Waals surface area contributed by atoms with E-state index in [1.807, 2.05) is 6.92 Å². The van der Waals surface area contributed by atoms with Crippen LogP contribution in [0.4, 0.5) is 16.0 Å². The minimum atomic E-state index is -3.77. The van der Waals surface area contributed by atoms with Crippen molar-refractivity contribution in [1.82, 2.24) is 14.7 Å². The zero-order valence-electron chi connectivity index (χ0n) is 14.4. The molecule has 0 amide bonds. The van der Waals surface area contributed by atoms with Gasteiger partial charge in [-0.15, -0.1) is 0 Å². The van der Waals surface area contributed by atoms with Crippen LogP contribution in [0.1, 0.15) is 18.3 Å². The van der Waals surface area contributed by atoms with Crippen LogP contribution in [0, 0.1) is 19.7 Å². The second kappa shape index (κ2) is 8.21. The van der Waals surface area contributed by atoms with E-state index >= 15 is 0 Å². The summed E-state index contributed by atoms with van der Waals surface area (Å²) in [6.07, 6.45) is 0. The maximum atomic E-state index is 13.3. The fourth-order valence-electron chi connectivity index (χ4n) is 2.25. The lowest BCUT2D eigenvalue weighted by atomic mass is 10.2. The molecule has 0 radical (unpaired) electrons. The van der Waals surface area contributed by atoms with Crippen molar-refractivity contribution in [2.45, 2.75) is 25.7 Å². The third-order valence-corrected chi connectivity index (χ3v) is 4.96. The van der Waals surface area contributed by atoms with Gasteiger partial charge in [-0.05, 0) is 38.5 Å². The average molecular weight is 367 g/mol. The highest BCUT2D eigenvalue weighted by Gasteiger charge is 2.16. The number of anilines is 2. The molecule has 25 heavy (non-hydrogen) atoms. The number of nitrogens with one attached hydrogen (secondary N) is 3. The average Bonchev–Trinajstić information content (AvgIpc) is 2.54. The van der Waals surface area contributed by atoms with Gasteiger partial charge in [0.15, 0.2) is 0 Å². The first kappa shape index (κ1) is 19.1. The van der Waals surface area contributed by atoms with Gasteiger partial charge in [0.05, 0.1) is 4.90 Å². The Morgan fingerprint density at radius 1 is 1.04 bits per heavy atom. The van der Waals surface area contributed by atoms with E-state index in [1.165, 1.54) is 12.1 Å². The predicted molar refractivity (Wildman–Crippen MR) is 95.7 cm³/mol. The first-order chi connectivity index (χ1) is 11.8. The number of benzene rings is 1. The number of rotatable bonds is 8. The fraction of sp³-hybridized carbons (Fsp3) is 0.375.